The third-order valence-corrected chi connectivity index (χ3v) is 3.50. The summed E-state index contributed by atoms with van der Waals surface area (Å²) in [7, 11) is 1.84. The maximum absolute atomic E-state index is 12.3. The van der Waals surface area contributed by atoms with E-state index in [0.717, 1.165) is 17.1 Å². The molecule has 6 nitrogen and oxygen atoms in total. The molecule has 0 aliphatic rings. The van der Waals surface area contributed by atoms with Gasteiger partial charge < -0.3 is 5.32 Å². The van der Waals surface area contributed by atoms with Crippen LogP contribution in [0.1, 0.15) is 52.8 Å². The summed E-state index contributed by atoms with van der Waals surface area (Å²) in [5.74, 6) is 0.667. The number of aromatic nitrogens is 4. The van der Waals surface area contributed by atoms with Crippen LogP contribution in [0.5, 0.6) is 0 Å². The van der Waals surface area contributed by atoms with Gasteiger partial charge in [0.25, 0.3) is 0 Å². The largest absolute Gasteiger partial charge is 0.311 e. The van der Waals surface area contributed by atoms with E-state index < -0.39 is 0 Å². The summed E-state index contributed by atoms with van der Waals surface area (Å²) in [6, 6.07) is 1.96. The highest BCUT2D eigenvalue weighted by atomic mass is 16.1. The van der Waals surface area contributed by atoms with Crippen molar-refractivity contribution in [3.8, 4) is 0 Å². The number of hydrogen-bond acceptors (Lipinski definition) is 3. The highest BCUT2D eigenvalue weighted by molar-refractivity contribution is 5.91. The number of carbonyl (C=O) groups excluding carboxylic acids is 1. The third kappa shape index (κ3) is 4.21. The first-order valence-electron chi connectivity index (χ1n) is 7.85. The van der Waals surface area contributed by atoms with Crippen molar-refractivity contribution in [3.63, 3.8) is 0 Å². The molecule has 0 bridgehead atoms. The quantitative estimate of drug-likeness (QED) is 0.946. The van der Waals surface area contributed by atoms with Crippen LogP contribution < -0.4 is 5.32 Å². The van der Waals surface area contributed by atoms with Gasteiger partial charge in [0.2, 0.25) is 5.91 Å². The van der Waals surface area contributed by atoms with Crippen LogP contribution >= 0.6 is 0 Å². The van der Waals surface area contributed by atoms with E-state index in [0.29, 0.717) is 6.42 Å². The van der Waals surface area contributed by atoms with E-state index in [1.54, 1.807) is 10.9 Å². The molecule has 0 spiro atoms. The van der Waals surface area contributed by atoms with E-state index in [9.17, 15) is 4.79 Å². The fourth-order valence-electron chi connectivity index (χ4n) is 2.28. The van der Waals surface area contributed by atoms with Crippen LogP contribution in [0.2, 0.25) is 0 Å². The van der Waals surface area contributed by atoms with Crippen LogP contribution in [-0.4, -0.2) is 25.5 Å². The maximum atomic E-state index is 12.3. The van der Waals surface area contributed by atoms with E-state index in [4.69, 9.17) is 5.10 Å². The number of anilines is 1. The van der Waals surface area contributed by atoms with Gasteiger partial charge in [-0.05, 0) is 26.3 Å². The van der Waals surface area contributed by atoms with E-state index >= 15 is 0 Å². The number of rotatable bonds is 3. The Hall–Kier alpha value is -2.11. The van der Waals surface area contributed by atoms with Crippen molar-refractivity contribution in [1.29, 1.82) is 0 Å². The van der Waals surface area contributed by atoms with Crippen molar-refractivity contribution in [2.45, 2.75) is 58.9 Å². The lowest BCUT2D eigenvalue weighted by atomic mass is 9.92. The zero-order chi connectivity index (χ0) is 17.4. The first kappa shape index (κ1) is 17.2. The Morgan fingerprint density at radius 3 is 2.35 bits per heavy atom. The van der Waals surface area contributed by atoms with Gasteiger partial charge >= 0.3 is 0 Å². The first-order chi connectivity index (χ1) is 10.5. The van der Waals surface area contributed by atoms with Gasteiger partial charge in [0.05, 0.1) is 23.9 Å². The zero-order valence-corrected chi connectivity index (χ0v) is 15.1. The molecule has 0 atom stereocenters. The average molecular weight is 317 g/mol. The van der Waals surface area contributed by atoms with Crippen LogP contribution in [0.4, 0.5) is 5.82 Å². The Labute approximate surface area is 137 Å². The Kier molecular flexibility index (Phi) is 4.37. The zero-order valence-electron chi connectivity index (χ0n) is 15.1. The van der Waals surface area contributed by atoms with Crippen LogP contribution in [0.3, 0.4) is 0 Å². The molecule has 0 fully saturated rings. The molecule has 0 saturated carbocycles. The molecule has 23 heavy (non-hydrogen) atoms. The molecule has 1 amide bonds. The summed E-state index contributed by atoms with van der Waals surface area (Å²) < 4.78 is 3.58. The molecule has 0 saturated heterocycles. The van der Waals surface area contributed by atoms with Crippen LogP contribution in [0.15, 0.2) is 18.5 Å². The smallest absolute Gasteiger partial charge is 0.230 e. The summed E-state index contributed by atoms with van der Waals surface area (Å²) in [5, 5.41) is 11.8. The molecule has 0 aromatic carbocycles. The summed E-state index contributed by atoms with van der Waals surface area (Å²) in [6.07, 6.45) is 3.86. The number of aryl methyl sites for hydroxylation is 1. The second kappa shape index (κ2) is 5.83. The Morgan fingerprint density at radius 1 is 1.22 bits per heavy atom. The normalized spacial score (nSPS) is 12.5. The van der Waals surface area contributed by atoms with E-state index in [-0.39, 0.29) is 16.9 Å². The van der Waals surface area contributed by atoms with Gasteiger partial charge in [0.15, 0.2) is 0 Å². The molecule has 1 N–H and O–H groups in total. The van der Waals surface area contributed by atoms with Gasteiger partial charge in [-0.3, -0.25) is 9.48 Å². The second-order valence-corrected chi connectivity index (χ2v) is 7.99. The molecular weight excluding hydrogens is 290 g/mol. The average Bonchev–Trinajstić information content (AvgIpc) is 2.94. The number of nitrogens with one attached hydrogen (secondary N) is 1. The minimum atomic E-state index is -0.208. The minimum absolute atomic E-state index is 0.0659. The molecule has 2 aromatic rings. The summed E-state index contributed by atoms with van der Waals surface area (Å²) in [5.41, 5.74) is 1.58. The van der Waals surface area contributed by atoms with Gasteiger partial charge in [0.1, 0.15) is 5.82 Å². The van der Waals surface area contributed by atoms with Gasteiger partial charge in [-0.25, -0.2) is 4.68 Å². The van der Waals surface area contributed by atoms with Crippen molar-refractivity contribution in [3.05, 3.63) is 29.7 Å². The third-order valence-electron chi connectivity index (χ3n) is 3.50. The lowest BCUT2D eigenvalue weighted by molar-refractivity contribution is -0.115. The molecular formula is C17H27N5O. The van der Waals surface area contributed by atoms with Crippen molar-refractivity contribution >= 4 is 11.7 Å². The summed E-state index contributed by atoms with van der Waals surface area (Å²) >= 11 is 0. The number of carbonyl (C=O) groups is 1. The molecule has 0 unspecified atom stereocenters. The SMILES string of the molecule is Cn1cc(CC(=O)Nc2cc(C(C)(C)C)nn2C(C)(C)C)cn1. The Morgan fingerprint density at radius 2 is 1.87 bits per heavy atom. The van der Waals surface area contributed by atoms with Crippen LogP contribution in [0.25, 0.3) is 0 Å². The lowest BCUT2D eigenvalue weighted by Gasteiger charge is -2.23. The minimum Gasteiger partial charge on any atom is -0.311 e. The predicted molar refractivity (Wildman–Crippen MR) is 91.5 cm³/mol. The summed E-state index contributed by atoms with van der Waals surface area (Å²) in [4.78, 5) is 12.3. The Bertz CT molecular complexity index is 697. The van der Waals surface area contributed by atoms with Crippen molar-refractivity contribution in [1.82, 2.24) is 19.6 Å². The molecule has 2 heterocycles. The van der Waals surface area contributed by atoms with Crippen LogP contribution in [0, 0.1) is 0 Å². The predicted octanol–water partition coefficient (Wildman–Crippen LogP) is 2.85. The molecule has 0 aliphatic heterocycles. The van der Waals surface area contributed by atoms with Gasteiger partial charge in [-0.15, -0.1) is 0 Å². The number of amides is 1. The monoisotopic (exact) mass is 317 g/mol. The molecule has 126 valence electrons. The topological polar surface area (TPSA) is 64.7 Å². The highest BCUT2D eigenvalue weighted by Gasteiger charge is 2.25. The molecule has 6 heteroatoms. The number of nitrogens with zero attached hydrogens (tertiary/aromatic N) is 4. The first-order valence-corrected chi connectivity index (χ1v) is 7.85. The van der Waals surface area contributed by atoms with E-state index in [1.165, 1.54) is 0 Å². The Balaban J connectivity index is 2.24. The fraction of sp³-hybridized carbons (Fsp3) is 0.588. The molecule has 0 radical (unpaired) electrons. The van der Waals surface area contributed by atoms with Gasteiger partial charge in [0, 0.05) is 24.7 Å². The second-order valence-electron chi connectivity index (χ2n) is 7.99. The standard InChI is InChI=1S/C17H27N5O/c1-16(2,3)13-9-14(22(20-13)17(4,5)6)19-15(23)8-12-10-18-21(7)11-12/h9-11H,8H2,1-7H3,(H,19,23). The molecule has 2 rings (SSSR count). The van der Waals surface area contributed by atoms with E-state index in [2.05, 4.69) is 52.0 Å². The summed E-state index contributed by atoms with van der Waals surface area (Å²) in [6.45, 7) is 12.6. The van der Waals surface area contributed by atoms with Crippen molar-refractivity contribution < 1.29 is 4.79 Å². The van der Waals surface area contributed by atoms with Crippen LogP contribution in [-0.2, 0) is 29.2 Å². The number of hydrogen-bond donors (Lipinski definition) is 1. The van der Waals surface area contributed by atoms with E-state index in [1.807, 2.05) is 24.0 Å². The van der Waals surface area contributed by atoms with Crippen molar-refractivity contribution in [2.24, 2.45) is 7.05 Å². The van der Waals surface area contributed by atoms with Gasteiger partial charge in [-0.1, -0.05) is 20.8 Å². The van der Waals surface area contributed by atoms with Crippen molar-refractivity contribution in [2.75, 3.05) is 5.32 Å². The fourth-order valence-corrected chi connectivity index (χ4v) is 2.28. The van der Waals surface area contributed by atoms with Gasteiger partial charge in [-0.2, -0.15) is 10.2 Å². The maximum Gasteiger partial charge on any atom is 0.230 e. The lowest BCUT2D eigenvalue weighted by Crippen LogP contribution is -2.27. The highest BCUT2D eigenvalue weighted by Crippen LogP contribution is 2.28. The molecule has 2 aromatic heterocycles. The molecule has 0 aliphatic carbocycles.